The van der Waals surface area contributed by atoms with E-state index in [0.29, 0.717) is 0 Å². The minimum absolute atomic E-state index is 0.956. The molecule has 0 amide bonds. The molecule has 11 heavy (non-hydrogen) atoms. The maximum Gasteiger partial charge on any atom is 0.137 e. The molecule has 1 rings (SSSR count). The minimum Gasteiger partial charge on any atom is -0.309 e. The Kier molecular flexibility index (Phi) is 0.453. The molecule has 0 N–H and O–H groups in total. The molecule has 1 fully saturated rings. The van der Waals surface area contributed by atoms with E-state index in [0.717, 1.165) is 0 Å². The number of hydrogen-bond acceptors (Lipinski definition) is 2. The van der Waals surface area contributed by atoms with E-state index >= 15 is 0 Å². The Labute approximate surface area is 92.5 Å². The monoisotopic (exact) mass is 172 g/mol. The van der Waals surface area contributed by atoms with E-state index in [2.05, 4.69) is 0 Å². The molecule has 0 aromatic carbocycles. The fourth-order valence-corrected chi connectivity index (χ4v) is 0.492. The van der Waals surface area contributed by atoms with Crippen LogP contribution in [0.15, 0.2) is 0 Å². The van der Waals surface area contributed by atoms with Gasteiger partial charge in [-0.25, -0.2) is 0 Å². The van der Waals surface area contributed by atoms with E-state index < -0.39 is 62.5 Å². The van der Waals surface area contributed by atoms with Gasteiger partial charge in [0.15, 0.2) is 0 Å². The highest BCUT2D eigenvalue weighted by Gasteiger charge is 2.21. The van der Waals surface area contributed by atoms with Gasteiger partial charge in [-0.15, -0.1) is 0 Å². The molecule has 1 aliphatic carbocycles. The predicted octanol–water partition coefficient (Wildman–Crippen LogP) is 1.31. The van der Waals surface area contributed by atoms with E-state index in [-0.39, 0.29) is 0 Å². The van der Waals surface area contributed by atoms with Crippen LogP contribution in [-0.4, -0.2) is 31.1 Å². The summed E-state index contributed by atoms with van der Waals surface area (Å²) in [6.07, 6.45) is -16.1. The molecule has 0 spiro atoms. The third-order valence-electron chi connectivity index (χ3n) is 0.877. The molecule has 0 aliphatic heterocycles. The van der Waals surface area contributed by atoms with Crippen molar-refractivity contribution in [2.24, 2.45) is 5.89 Å². The van der Waals surface area contributed by atoms with Gasteiger partial charge in [0.2, 0.25) is 0 Å². The summed E-state index contributed by atoms with van der Waals surface area (Å²) in [5, 5.41) is 0. The van der Waals surface area contributed by atoms with Crippen molar-refractivity contribution in [3.8, 4) is 0 Å². The first-order valence-electron chi connectivity index (χ1n) is 11.1. The van der Waals surface area contributed by atoms with Crippen molar-refractivity contribution >= 4 is 5.78 Å². The van der Waals surface area contributed by atoms with E-state index in [4.69, 9.17) is 23.3 Å². The van der Waals surface area contributed by atoms with Crippen LogP contribution in [0.5, 0.6) is 0 Å². The van der Waals surface area contributed by atoms with Crippen molar-refractivity contribution in [1.29, 1.82) is 0 Å². The highest BCUT2D eigenvalue weighted by molar-refractivity contribution is 5.81. The molecule has 2 heteroatoms. The Morgan fingerprint density at radius 3 is 3.45 bits per heavy atom. The molecule has 0 radical (unpaired) electrons. The zero-order valence-electron chi connectivity index (χ0n) is 22.4. The van der Waals surface area contributed by atoms with Crippen molar-refractivity contribution < 1.29 is 28.1 Å². The summed E-state index contributed by atoms with van der Waals surface area (Å²) < 4.78 is 129. The molecule has 1 aliphatic rings. The van der Waals surface area contributed by atoms with Gasteiger partial charge in [-0.1, -0.05) is 6.37 Å². The summed E-state index contributed by atoms with van der Waals surface area (Å²) in [5.74, 6) is -6.78. The normalized spacial score (nSPS) is 77.5. The SMILES string of the molecule is [2H]C([2H])([2H])N(C([2H])([2H])[2H])C([2H])([2H])C1([2H])C(=O)C([2H])([2H])C([2H])([2H])C([2H])([2H])C1([2H])[2H]. The molecule has 1 atom stereocenters. The molecular weight excluding hydrogens is 138 g/mol. The predicted molar refractivity (Wildman–Crippen MR) is 45.5 cm³/mol. The number of nitrogens with zero attached hydrogens (tertiary/aromatic N) is 1. The maximum absolute atomic E-state index is 12.6. The maximum atomic E-state index is 12.6. The first kappa shape index (κ1) is 1.29. The lowest BCUT2D eigenvalue weighted by molar-refractivity contribution is -0.125. The van der Waals surface area contributed by atoms with E-state index in [1.54, 1.807) is 0 Å². The Hall–Kier alpha value is -0.370. The number of carbonyl (C=O) groups excluding carboxylic acids is 1. The molecular formula is C9H17NO. The van der Waals surface area contributed by atoms with Gasteiger partial charge in [0.25, 0.3) is 0 Å². The zero-order chi connectivity index (χ0) is 23.2. The summed E-state index contributed by atoms with van der Waals surface area (Å²) in [5.41, 5.74) is 0. The van der Waals surface area contributed by atoms with Gasteiger partial charge in [-0.2, -0.15) is 0 Å². The van der Waals surface area contributed by atoms with Crippen LogP contribution in [0.3, 0.4) is 0 Å². The zero-order valence-corrected chi connectivity index (χ0v) is 5.36. The Bertz CT molecular complexity index is 645. The molecule has 0 bridgehead atoms. The third kappa shape index (κ3) is 2.62. The van der Waals surface area contributed by atoms with Crippen LogP contribution in [0.1, 0.15) is 48.8 Å². The van der Waals surface area contributed by atoms with E-state index in [9.17, 15) is 4.79 Å². The first-order valence-corrected chi connectivity index (χ1v) is 2.62. The standard InChI is InChI=1S/C9H17NO/c1-10(2)7-8-5-3-4-6-9(8)11/h8H,3-7H2,1-2H3/i1D3,2D3,3D2,4D2,5D2,6D2,7D2,8D. The van der Waals surface area contributed by atoms with Gasteiger partial charge in [0, 0.05) is 42.1 Å². The fourth-order valence-electron chi connectivity index (χ4n) is 0.492. The summed E-state index contributed by atoms with van der Waals surface area (Å²) in [6.45, 7) is -12.1. The molecule has 1 saturated carbocycles. The smallest absolute Gasteiger partial charge is 0.137 e. The average molecular weight is 172 g/mol. The Morgan fingerprint density at radius 1 is 1.91 bits per heavy atom. The van der Waals surface area contributed by atoms with Gasteiger partial charge < -0.3 is 4.90 Å². The molecule has 0 heterocycles. The summed E-state index contributed by atoms with van der Waals surface area (Å²) in [7, 11) is 0. The highest BCUT2D eigenvalue weighted by atomic mass is 16.1. The first-order chi connectivity index (χ1) is 11.8. The lowest BCUT2D eigenvalue weighted by atomic mass is 9.88. The van der Waals surface area contributed by atoms with Crippen LogP contribution in [0, 0.1) is 5.89 Å². The van der Waals surface area contributed by atoms with Crippen molar-refractivity contribution in [2.75, 3.05) is 20.4 Å². The van der Waals surface area contributed by atoms with Crippen LogP contribution >= 0.6 is 0 Å². The fraction of sp³-hybridized carbons (Fsp3) is 0.889. The largest absolute Gasteiger partial charge is 0.309 e. The number of hydrogen-bond donors (Lipinski definition) is 0. The van der Waals surface area contributed by atoms with Crippen molar-refractivity contribution in [3.05, 3.63) is 0 Å². The summed E-state index contributed by atoms with van der Waals surface area (Å²) >= 11 is 0. The molecule has 64 valence electrons. The number of rotatable bonds is 2. The van der Waals surface area contributed by atoms with Gasteiger partial charge in [0.05, 0.1) is 0 Å². The van der Waals surface area contributed by atoms with Gasteiger partial charge >= 0.3 is 0 Å². The Morgan fingerprint density at radius 2 is 2.73 bits per heavy atom. The quantitative estimate of drug-likeness (QED) is 0.626. The number of carbonyl (C=O) groups is 1. The van der Waals surface area contributed by atoms with Gasteiger partial charge in [0.1, 0.15) is 5.78 Å². The molecule has 0 aromatic heterocycles. The Balaban J connectivity index is 4.02. The number of Topliss-reactive ketones (excluding diaryl/α,β-unsaturated/α-hetero) is 1. The summed E-state index contributed by atoms with van der Waals surface area (Å²) in [4.78, 5) is 11.7. The minimum atomic E-state index is -4.32. The van der Waals surface area contributed by atoms with Crippen LogP contribution < -0.4 is 0 Å². The number of ketones is 1. The summed E-state index contributed by atoms with van der Waals surface area (Å²) in [6, 6.07) is 0. The van der Waals surface area contributed by atoms with Gasteiger partial charge in [-0.05, 0) is 26.7 Å². The van der Waals surface area contributed by atoms with Crippen LogP contribution in [0.4, 0.5) is 0 Å². The van der Waals surface area contributed by atoms with Crippen LogP contribution in [0.2, 0.25) is 0 Å². The van der Waals surface area contributed by atoms with E-state index in [1.807, 2.05) is 0 Å². The lowest BCUT2D eigenvalue weighted by Gasteiger charge is -2.23. The molecule has 0 saturated heterocycles. The molecule has 0 aromatic rings. The topological polar surface area (TPSA) is 20.3 Å². The second-order valence-electron chi connectivity index (χ2n) is 1.65. The third-order valence-corrected chi connectivity index (χ3v) is 0.877. The van der Waals surface area contributed by atoms with Crippen LogP contribution in [0.25, 0.3) is 0 Å². The van der Waals surface area contributed by atoms with Gasteiger partial charge in [-0.3, -0.25) is 4.79 Å². The van der Waals surface area contributed by atoms with Crippen molar-refractivity contribution in [3.63, 3.8) is 0 Å². The second kappa shape index (κ2) is 3.86. The molecule has 1 unspecified atom stereocenters. The van der Waals surface area contributed by atoms with Crippen molar-refractivity contribution in [2.45, 2.75) is 25.5 Å². The molecule has 2 nitrogen and oxygen atoms in total. The second-order valence-corrected chi connectivity index (χ2v) is 1.65. The highest BCUT2D eigenvalue weighted by Crippen LogP contribution is 2.20. The van der Waals surface area contributed by atoms with Crippen LogP contribution in [-0.2, 0) is 4.79 Å². The van der Waals surface area contributed by atoms with E-state index in [1.165, 1.54) is 0 Å². The van der Waals surface area contributed by atoms with Crippen molar-refractivity contribution in [1.82, 2.24) is 4.90 Å². The average Bonchev–Trinajstić information content (AvgIpc) is 2.39. The lowest BCUT2D eigenvalue weighted by Crippen LogP contribution is -2.29.